The average Bonchev–Trinajstić information content (AvgIpc) is 1.84. The van der Waals surface area contributed by atoms with Crippen LogP contribution in [0.5, 0.6) is 0 Å². The summed E-state index contributed by atoms with van der Waals surface area (Å²) >= 11 is 0. The van der Waals surface area contributed by atoms with Gasteiger partial charge in [-0.2, -0.15) is 0 Å². The largest absolute Gasteiger partial charge is 0.481 e. The second-order valence-electron chi connectivity index (χ2n) is 3.45. The summed E-state index contributed by atoms with van der Waals surface area (Å²) < 4.78 is 0. The van der Waals surface area contributed by atoms with Crippen molar-refractivity contribution >= 4 is 11.9 Å². The molecule has 0 spiro atoms. The van der Waals surface area contributed by atoms with E-state index in [2.05, 4.69) is 0 Å². The van der Waals surface area contributed by atoms with Crippen molar-refractivity contribution in [3.05, 3.63) is 0 Å². The van der Waals surface area contributed by atoms with Crippen molar-refractivity contribution < 1.29 is 19.8 Å². The van der Waals surface area contributed by atoms with Crippen LogP contribution in [0.25, 0.3) is 0 Å². The fourth-order valence-electron chi connectivity index (χ4n) is 0.841. The van der Waals surface area contributed by atoms with E-state index in [0.717, 1.165) is 0 Å². The molecule has 2 N–H and O–H groups in total. The van der Waals surface area contributed by atoms with Crippen LogP contribution < -0.4 is 0 Å². The van der Waals surface area contributed by atoms with Gasteiger partial charge in [-0.1, -0.05) is 13.8 Å². The first-order valence-electron chi connectivity index (χ1n) is 3.76. The van der Waals surface area contributed by atoms with Crippen molar-refractivity contribution in [3.8, 4) is 0 Å². The molecule has 0 aromatic rings. The molecule has 0 aliphatic rings. The SMILES string of the molecule is CC(C)[C@](C)(CC(=O)O)C(=O)O. The molecule has 0 aromatic heterocycles. The van der Waals surface area contributed by atoms with Gasteiger partial charge in [0, 0.05) is 0 Å². The maximum Gasteiger partial charge on any atom is 0.310 e. The second-order valence-corrected chi connectivity index (χ2v) is 3.45. The minimum absolute atomic E-state index is 0.189. The molecule has 0 saturated heterocycles. The van der Waals surface area contributed by atoms with Crippen LogP contribution in [0.4, 0.5) is 0 Å². The molecular formula is C8H14O4. The van der Waals surface area contributed by atoms with Crippen LogP contribution in [0.2, 0.25) is 0 Å². The van der Waals surface area contributed by atoms with Crippen LogP contribution >= 0.6 is 0 Å². The Labute approximate surface area is 71.2 Å². The highest BCUT2D eigenvalue weighted by Gasteiger charge is 2.38. The van der Waals surface area contributed by atoms with Gasteiger partial charge in [-0.15, -0.1) is 0 Å². The van der Waals surface area contributed by atoms with Crippen LogP contribution in [0.1, 0.15) is 27.2 Å². The summed E-state index contributed by atoms with van der Waals surface area (Å²) in [7, 11) is 0. The van der Waals surface area contributed by atoms with Crippen molar-refractivity contribution in [2.75, 3.05) is 0 Å². The van der Waals surface area contributed by atoms with E-state index in [1.54, 1.807) is 13.8 Å². The monoisotopic (exact) mass is 174 g/mol. The number of hydrogen-bond donors (Lipinski definition) is 2. The molecule has 0 aliphatic heterocycles. The summed E-state index contributed by atoms with van der Waals surface area (Å²) in [6.07, 6.45) is -0.333. The molecule has 4 heteroatoms. The molecule has 0 saturated carbocycles. The van der Waals surface area contributed by atoms with E-state index < -0.39 is 17.4 Å². The molecule has 1 atom stereocenters. The molecule has 4 nitrogen and oxygen atoms in total. The highest BCUT2D eigenvalue weighted by molar-refractivity contribution is 5.81. The van der Waals surface area contributed by atoms with Crippen LogP contribution in [0, 0.1) is 11.3 Å². The summed E-state index contributed by atoms with van der Waals surface area (Å²) in [5, 5.41) is 17.3. The van der Waals surface area contributed by atoms with Gasteiger partial charge < -0.3 is 10.2 Å². The Morgan fingerprint density at radius 3 is 1.83 bits per heavy atom. The predicted octanol–water partition coefficient (Wildman–Crippen LogP) is 1.21. The third-order valence-electron chi connectivity index (χ3n) is 2.28. The Morgan fingerprint density at radius 1 is 1.33 bits per heavy atom. The van der Waals surface area contributed by atoms with Crippen molar-refractivity contribution in [3.63, 3.8) is 0 Å². The predicted molar refractivity (Wildman–Crippen MR) is 42.8 cm³/mol. The standard InChI is InChI=1S/C8H14O4/c1-5(2)8(3,7(11)12)4-6(9)10/h5H,4H2,1-3H3,(H,9,10)(H,11,12)/t8-/m0/s1. The van der Waals surface area contributed by atoms with Gasteiger partial charge >= 0.3 is 11.9 Å². The minimum Gasteiger partial charge on any atom is -0.481 e. The van der Waals surface area contributed by atoms with Crippen molar-refractivity contribution in [1.29, 1.82) is 0 Å². The van der Waals surface area contributed by atoms with Crippen molar-refractivity contribution in [2.45, 2.75) is 27.2 Å². The number of hydrogen-bond acceptors (Lipinski definition) is 2. The van der Waals surface area contributed by atoms with Gasteiger partial charge in [0.1, 0.15) is 0 Å². The highest BCUT2D eigenvalue weighted by Crippen LogP contribution is 2.31. The van der Waals surface area contributed by atoms with Gasteiger partial charge in [-0.3, -0.25) is 9.59 Å². The lowest BCUT2D eigenvalue weighted by Crippen LogP contribution is -2.35. The molecule has 0 aromatic carbocycles. The van der Waals surface area contributed by atoms with Crippen LogP contribution in [-0.2, 0) is 9.59 Å². The first kappa shape index (κ1) is 10.9. The van der Waals surface area contributed by atoms with Gasteiger partial charge in [0.05, 0.1) is 11.8 Å². The maximum atomic E-state index is 10.7. The van der Waals surface area contributed by atoms with Gasteiger partial charge in [-0.05, 0) is 12.8 Å². The molecule has 12 heavy (non-hydrogen) atoms. The van der Waals surface area contributed by atoms with Crippen LogP contribution in [-0.4, -0.2) is 22.2 Å². The number of carbonyl (C=O) groups is 2. The summed E-state index contributed by atoms with van der Waals surface area (Å²) in [6, 6.07) is 0. The number of aliphatic carboxylic acids is 2. The quantitative estimate of drug-likeness (QED) is 0.671. The number of carboxylic acid groups (broad SMARTS) is 2. The lowest BCUT2D eigenvalue weighted by molar-refractivity contribution is -0.157. The molecule has 0 fully saturated rings. The first-order chi connectivity index (χ1) is 5.30. The fourth-order valence-corrected chi connectivity index (χ4v) is 0.841. The summed E-state index contributed by atoms with van der Waals surface area (Å²) in [6.45, 7) is 4.86. The van der Waals surface area contributed by atoms with E-state index in [0.29, 0.717) is 0 Å². The maximum absolute atomic E-state index is 10.7. The van der Waals surface area contributed by atoms with Gasteiger partial charge in [0.15, 0.2) is 0 Å². The van der Waals surface area contributed by atoms with E-state index in [4.69, 9.17) is 10.2 Å². The fraction of sp³-hybridized carbons (Fsp3) is 0.750. The molecule has 0 rings (SSSR count). The van der Waals surface area contributed by atoms with E-state index in [-0.39, 0.29) is 12.3 Å². The van der Waals surface area contributed by atoms with E-state index >= 15 is 0 Å². The second kappa shape index (κ2) is 3.56. The van der Waals surface area contributed by atoms with Gasteiger partial charge in [0.2, 0.25) is 0 Å². The lowest BCUT2D eigenvalue weighted by Gasteiger charge is -2.26. The molecule has 0 radical (unpaired) electrons. The number of rotatable bonds is 4. The highest BCUT2D eigenvalue weighted by atomic mass is 16.4. The van der Waals surface area contributed by atoms with Crippen LogP contribution in [0.3, 0.4) is 0 Å². The zero-order valence-electron chi connectivity index (χ0n) is 7.50. The van der Waals surface area contributed by atoms with Crippen molar-refractivity contribution in [1.82, 2.24) is 0 Å². The zero-order chi connectivity index (χ0) is 9.94. The molecule has 0 amide bonds. The molecule has 0 unspecified atom stereocenters. The molecule has 0 bridgehead atoms. The van der Waals surface area contributed by atoms with E-state index in [1.807, 2.05) is 0 Å². The first-order valence-corrected chi connectivity index (χ1v) is 3.76. The summed E-state index contributed by atoms with van der Waals surface area (Å²) in [4.78, 5) is 21.1. The Morgan fingerprint density at radius 2 is 1.75 bits per heavy atom. The third-order valence-corrected chi connectivity index (χ3v) is 2.28. The Balaban J connectivity index is 4.62. The van der Waals surface area contributed by atoms with E-state index in [9.17, 15) is 9.59 Å². The Hall–Kier alpha value is -1.06. The Kier molecular flexibility index (Phi) is 3.24. The van der Waals surface area contributed by atoms with Gasteiger partial charge in [0.25, 0.3) is 0 Å². The Bertz CT molecular complexity index is 197. The van der Waals surface area contributed by atoms with E-state index in [1.165, 1.54) is 6.92 Å². The molecular weight excluding hydrogens is 160 g/mol. The van der Waals surface area contributed by atoms with Crippen LogP contribution in [0.15, 0.2) is 0 Å². The smallest absolute Gasteiger partial charge is 0.310 e. The summed E-state index contributed by atoms with van der Waals surface area (Å²) in [5.74, 6) is -2.32. The summed E-state index contributed by atoms with van der Waals surface area (Å²) in [5.41, 5.74) is -1.16. The third kappa shape index (κ3) is 2.22. The molecule has 0 aliphatic carbocycles. The molecule has 0 heterocycles. The normalized spacial score (nSPS) is 15.7. The lowest BCUT2D eigenvalue weighted by atomic mass is 9.76. The average molecular weight is 174 g/mol. The topological polar surface area (TPSA) is 74.6 Å². The van der Waals surface area contributed by atoms with Gasteiger partial charge in [-0.25, -0.2) is 0 Å². The van der Waals surface area contributed by atoms with Crippen molar-refractivity contribution in [2.24, 2.45) is 11.3 Å². The zero-order valence-corrected chi connectivity index (χ0v) is 7.50. The minimum atomic E-state index is -1.16. The number of carboxylic acids is 2. The molecule has 70 valence electrons.